The summed E-state index contributed by atoms with van der Waals surface area (Å²) in [7, 11) is 16.2. The number of primary amides is 1. The van der Waals surface area contributed by atoms with E-state index in [0.29, 0.717) is 0 Å². The molecule has 6 radical (unpaired) electrons. The van der Waals surface area contributed by atoms with Crippen LogP contribution >= 0.6 is 15.9 Å². The van der Waals surface area contributed by atoms with Crippen molar-refractivity contribution in [1.29, 1.82) is 0 Å². The molecule has 0 unspecified atom stereocenters. The number of alkyl halides is 3. The number of hydrogen-bond donors (Lipinski definition) is 2. The summed E-state index contributed by atoms with van der Waals surface area (Å²) in [6.45, 7) is 0. The fraction of sp³-hybridized carbons (Fsp3) is 0.0952. The highest BCUT2D eigenvalue weighted by Crippen LogP contribution is 2.39. The van der Waals surface area contributed by atoms with Gasteiger partial charge in [-0.3, -0.25) is 14.6 Å². The number of carbonyl (C=O) groups excluding carboxylic acids is 2. The van der Waals surface area contributed by atoms with Crippen LogP contribution in [-0.2, 0) is 0 Å². The summed E-state index contributed by atoms with van der Waals surface area (Å²) >= 11 is 3.07. The standard InChI is InChI=1S/C21H11B3BrF4N3O5/c22-20(23,24)37-15-8-11(36-21(27,28)29)1-2-14(15)35-16-6-9(25)5-12(26)17(16)19(34)32-10-3-4-31-13(7-10)18(30)33/h1-8H,(H2,30,33)(H,31,32,34). The van der Waals surface area contributed by atoms with E-state index >= 15 is 0 Å². The molecular formula is C21H11B3BrF4N3O5. The number of halogens is 5. The van der Waals surface area contributed by atoms with E-state index in [-0.39, 0.29) is 21.6 Å². The van der Waals surface area contributed by atoms with E-state index in [4.69, 9.17) is 38.7 Å². The van der Waals surface area contributed by atoms with Crippen LogP contribution in [0.15, 0.2) is 53.1 Å². The van der Waals surface area contributed by atoms with Crippen LogP contribution < -0.4 is 25.3 Å². The molecule has 0 aliphatic rings. The number of nitrogens with two attached hydrogens (primary N) is 1. The first-order valence-corrected chi connectivity index (χ1v) is 10.6. The second-order valence-corrected chi connectivity index (χ2v) is 8.14. The number of pyridine rings is 1. The van der Waals surface area contributed by atoms with Gasteiger partial charge in [-0.05, 0) is 41.7 Å². The Morgan fingerprint density at radius 2 is 1.68 bits per heavy atom. The van der Waals surface area contributed by atoms with Gasteiger partial charge in [0.25, 0.3) is 11.8 Å². The lowest BCUT2D eigenvalue weighted by Crippen LogP contribution is -2.37. The molecule has 0 fully saturated rings. The molecule has 0 atom stereocenters. The Morgan fingerprint density at radius 1 is 0.973 bits per heavy atom. The predicted octanol–water partition coefficient (Wildman–Crippen LogP) is 3.52. The van der Waals surface area contributed by atoms with Crippen molar-refractivity contribution in [2.24, 2.45) is 5.73 Å². The smallest absolute Gasteiger partial charge is 0.512 e. The van der Waals surface area contributed by atoms with Gasteiger partial charge in [0.1, 0.15) is 52.1 Å². The van der Waals surface area contributed by atoms with Gasteiger partial charge in [-0.15, -0.1) is 13.2 Å². The molecule has 3 rings (SSSR count). The number of hydrogen-bond acceptors (Lipinski definition) is 6. The Labute approximate surface area is 219 Å². The maximum absolute atomic E-state index is 14.9. The molecule has 0 aliphatic carbocycles. The summed E-state index contributed by atoms with van der Waals surface area (Å²) in [6.07, 6.45) is -3.84. The maximum atomic E-state index is 14.9. The van der Waals surface area contributed by atoms with E-state index in [9.17, 15) is 27.2 Å². The Balaban J connectivity index is 2.01. The number of amides is 2. The van der Waals surface area contributed by atoms with Crippen LogP contribution in [0.5, 0.6) is 23.0 Å². The quantitative estimate of drug-likeness (QED) is 0.315. The van der Waals surface area contributed by atoms with Crippen LogP contribution in [0, 0.1) is 5.82 Å². The van der Waals surface area contributed by atoms with Crippen molar-refractivity contribution >= 4 is 57.0 Å². The molecule has 16 heteroatoms. The largest absolute Gasteiger partial charge is 0.573 e. The third kappa shape index (κ3) is 7.90. The summed E-state index contributed by atoms with van der Waals surface area (Å²) in [5, 5.41) is 0.00549. The lowest BCUT2D eigenvalue weighted by atomic mass is 9.52. The molecule has 1 aromatic heterocycles. The minimum atomic E-state index is -5.04. The lowest BCUT2D eigenvalue weighted by molar-refractivity contribution is -0.274. The van der Waals surface area contributed by atoms with E-state index < -0.39 is 52.1 Å². The molecule has 8 nitrogen and oxygen atoms in total. The first kappa shape index (κ1) is 27.9. The molecule has 37 heavy (non-hydrogen) atoms. The average molecular weight is 574 g/mol. The van der Waals surface area contributed by atoms with E-state index in [2.05, 4.69) is 31.0 Å². The first-order valence-electron chi connectivity index (χ1n) is 9.81. The second kappa shape index (κ2) is 10.7. The topological polar surface area (TPSA) is 113 Å². The van der Waals surface area contributed by atoms with Gasteiger partial charge in [-0.2, -0.15) is 0 Å². The van der Waals surface area contributed by atoms with Crippen LogP contribution in [0.4, 0.5) is 23.2 Å². The van der Waals surface area contributed by atoms with Gasteiger partial charge < -0.3 is 25.3 Å². The number of aromatic nitrogens is 1. The predicted molar refractivity (Wildman–Crippen MR) is 129 cm³/mol. The molecule has 0 bridgehead atoms. The van der Waals surface area contributed by atoms with Crippen molar-refractivity contribution in [3.8, 4) is 23.0 Å². The average Bonchev–Trinajstić information content (AvgIpc) is 2.73. The highest BCUT2D eigenvalue weighted by Gasteiger charge is 2.32. The van der Waals surface area contributed by atoms with E-state index in [0.717, 1.165) is 30.3 Å². The van der Waals surface area contributed by atoms with E-state index in [1.54, 1.807) is 0 Å². The summed E-state index contributed by atoms with van der Waals surface area (Å²) in [6, 6.07) is 7.18. The molecule has 0 saturated carbocycles. The third-order valence-electron chi connectivity index (χ3n) is 4.17. The fourth-order valence-electron chi connectivity index (χ4n) is 2.85. The van der Waals surface area contributed by atoms with Gasteiger partial charge in [-0.1, -0.05) is 15.9 Å². The molecule has 2 amide bonds. The normalized spacial score (nSPS) is 11.5. The Bertz CT molecular complexity index is 1360. The lowest BCUT2D eigenvalue weighted by Gasteiger charge is -2.25. The molecule has 0 saturated heterocycles. The summed E-state index contributed by atoms with van der Waals surface area (Å²) in [5.74, 6) is -4.95. The first-order chi connectivity index (χ1) is 17.1. The molecule has 3 aromatic rings. The molecule has 0 spiro atoms. The van der Waals surface area contributed by atoms with Crippen molar-refractivity contribution in [2.75, 3.05) is 5.32 Å². The zero-order valence-electron chi connectivity index (χ0n) is 18.3. The van der Waals surface area contributed by atoms with Crippen molar-refractivity contribution in [3.63, 3.8) is 0 Å². The maximum Gasteiger partial charge on any atom is 0.573 e. The zero-order chi connectivity index (χ0) is 27.5. The number of anilines is 1. The van der Waals surface area contributed by atoms with Crippen LogP contribution in [-0.4, -0.2) is 52.0 Å². The van der Waals surface area contributed by atoms with Crippen molar-refractivity contribution in [2.45, 2.75) is 11.7 Å². The molecule has 1 heterocycles. The fourth-order valence-corrected chi connectivity index (χ4v) is 3.25. The highest BCUT2D eigenvalue weighted by atomic mass is 79.9. The Hall–Kier alpha value is -3.68. The second-order valence-electron chi connectivity index (χ2n) is 7.22. The molecule has 3 N–H and O–H groups in total. The Morgan fingerprint density at radius 3 is 2.30 bits per heavy atom. The number of carbonyl (C=O) groups is 2. The van der Waals surface area contributed by atoms with Crippen LogP contribution in [0.3, 0.4) is 0 Å². The zero-order valence-corrected chi connectivity index (χ0v) is 19.9. The number of ether oxygens (including phenoxy) is 3. The van der Waals surface area contributed by atoms with Gasteiger partial charge in [0.05, 0.1) is 0 Å². The number of nitrogens with one attached hydrogen (secondary N) is 1. The van der Waals surface area contributed by atoms with Crippen molar-refractivity contribution in [3.05, 3.63) is 70.2 Å². The molecule has 184 valence electrons. The molecule has 2 aromatic carbocycles. The highest BCUT2D eigenvalue weighted by molar-refractivity contribution is 9.10. The summed E-state index contributed by atoms with van der Waals surface area (Å²) < 4.78 is 67.5. The number of benzene rings is 2. The number of nitrogens with zero attached hydrogens (tertiary/aromatic N) is 1. The third-order valence-corrected chi connectivity index (χ3v) is 4.63. The van der Waals surface area contributed by atoms with Crippen LogP contribution in [0.2, 0.25) is 0 Å². The SMILES string of the molecule is [B]C([B])([B])Oc1cc(OC(F)(F)F)ccc1Oc1cc(Br)cc(F)c1C(=O)Nc1ccnc(C(N)=O)c1. The summed E-state index contributed by atoms with van der Waals surface area (Å²) in [4.78, 5) is 28.0. The van der Waals surface area contributed by atoms with Crippen LogP contribution in [0.1, 0.15) is 20.8 Å². The molecular weight excluding hydrogens is 563 g/mol. The monoisotopic (exact) mass is 573 g/mol. The minimum Gasteiger partial charge on any atom is -0.512 e. The van der Waals surface area contributed by atoms with Crippen LogP contribution in [0.25, 0.3) is 0 Å². The van der Waals surface area contributed by atoms with Gasteiger partial charge in [0, 0.05) is 22.4 Å². The van der Waals surface area contributed by atoms with Crippen molar-refractivity contribution in [1.82, 2.24) is 4.98 Å². The number of rotatable bonds is 8. The minimum absolute atomic E-state index is 0.0546. The van der Waals surface area contributed by atoms with Gasteiger partial charge in [0.15, 0.2) is 11.5 Å². The van der Waals surface area contributed by atoms with Gasteiger partial charge >= 0.3 is 6.36 Å². The van der Waals surface area contributed by atoms with E-state index in [1.807, 2.05) is 0 Å². The van der Waals surface area contributed by atoms with Crippen molar-refractivity contribution < 1.29 is 41.4 Å². The summed E-state index contributed by atoms with van der Waals surface area (Å²) in [5.41, 5.74) is 4.44. The van der Waals surface area contributed by atoms with Gasteiger partial charge in [-0.25, -0.2) is 4.39 Å². The Kier molecular flexibility index (Phi) is 8.11. The van der Waals surface area contributed by atoms with Gasteiger partial charge in [0.2, 0.25) is 0 Å². The van der Waals surface area contributed by atoms with E-state index in [1.165, 1.54) is 18.3 Å². The molecule has 0 aliphatic heterocycles.